The minimum atomic E-state index is 0. The van der Waals surface area contributed by atoms with E-state index in [0.29, 0.717) is 0 Å². The highest BCUT2D eigenvalue weighted by Crippen LogP contribution is 2.03. The quantitative estimate of drug-likeness (QED) is 0.514. The average Bonchev–Trinajstić information content (AvgIpc) is 2.02. The standard InChI is InChI=1S/C8H18.C2H6.2ClH.H4Si/c1-3-5-7-8-6-4-2;1-2;;;/h3-8H2,1-2H3;1-2H3;2*1H;1H4. The molecular weight excluding hydrogens is 219 g/mol. The van der Waals surface area contributed by atoms with E-state index in [1.807, 2.05) is 13.8 Å². The Morgan fingerprint density at radius 3 is 1.00 bits per heavy atom. The van der Waals surface area contributed by atoms with Crippen molar-refractivity contribution < 1.29 is 0 Å². The fourth-order valence-electron chi connectivity index (χ4n) is 0.854. The van der Waals surface area contributed by atoms with Gasteiger partial charge in [0.1, 0.15) is 0 Å². The molecule has 0 aromatic carbocycles. The van der Waals surface area contributed by atoms with Crippen molar-refractivity contribution in [1.82, 2.24) is 0 Å². The van der Waals surface area contributed by atoms with Crippen LogP contribution in [0.15, 0.2) is 0 Å². The Bertz CT molecular complexity index is 37.9. The lowest BCUT2D eigenvalue weighted by molar-refractivity contribution is 0.624. The maximum absolute atomic E-state index is 2.26. The Balaban J connectivity index is -0.0000000398. The second kappa shape index (κ2) is 38.5. The predicted molar refractivity (Wildman–Crippen MR) is 76.2 cm³/mol. The van der Waals surface area contributed by atoms with E-state index in [0.717, 1.165) is 0 Å². The lowest BCUT2D eigenvalue weighted by atomic mass is 10.1. The zero-order valence-electron chi connectivity index (χ0n) is 9.06. The molecule has 0 heterocycles. The van der Waals surface area contributed by atoms with Gasteiger partial charge in [-0.05, 0) is 11.0 Å². The molecule has 0 fully saturated rings. The molecule has 0 saturated carbocycles. The van der Waals surface area contributed by atoms with Crippen LogP contribution in [0.2, 0.25) is 0 Å². The van der Waals surface area contributed by atoms with Crippen LogP contribution in [0.4, 0.5) is 0 Å². The zero-order chi connectivity index (χ0) is 8.24. The molecule has 0 saturated heterocycles. The summed E-state index contributed by atoms with van der Waals surface area (Å²) in [6.07, 6.45) is 8.49. The molecule has 88 valence electrons. The molecule has 0 nitrogen and oxygen atoms in total. The molecule has 0 unspecified atom stereocenters. The fourth-order valence-corrected chi connectivity index (χ4v) is 0.854. The summed E-state index contributed by atoms with van der Waals surface area (Å²) in [5.41, 5.74) is 0. The third-order valence-corrected chi connectivity index (χ3v) is 1.46. The van der Waals surface area contributed by atoms with E-state index in [9.17, 15) is 0 Å². The molecule has 3 heteroatoms. The highest BCUT2D eigenvalue weighted by Gasteiger charge is 1.83. The van der Waals surface area contributed by atoms with E-state index in [-0.39, 0.29) is 35.8 Å². The largest absolute Gasteiger partial charge is 0.147 e. The van der Waals surface area contributed by atoms with Gasteiger partial charge in [-0.25, -0.2) is 0 Å². The van der Waals surface area contributed by atoms with Crippen molar-refractivity contribution in [2.75, 3.05) is 0 Å². The molecule has 0 aliphatic carbocycles. The maximum atomic E-state index is 2.26. The van der Waals surface area contributed by atoms with Crippen molar-refractivity contribution in [2.24, 2.45) is 0 Å². The van der Waals surface area contributed by atoms with Gasteiger partial charge in [-0.1, -0.05) is 66.2 Å². The smallest absolute Gasteiger partial charge is 0.0149 e. The van der Waals surface area contributed by atoms with Gasteiger partial charge in [0.25, 0.3) is 0 Å². The second-order valence-electron chi connectivity index (χ2n) is 2.41. The summed E-state index contributed by atoms with van der Waals surface area (Å²) < 4.78 is 0. The Morgan fingerprint density at radius 1 is 0.615 bits per heavy atom. The van der Waals surface area contributed by atoms with Crippen molar-refractivity contribution >= 4 is 35.8 Å². The maximum Gasteiger partial charge on any atom is -0.0149 e. The van der Waals surface area contributed by atoms with Crippen molar-refractivity contribution in [1.29, 1.82) is 0 Å². The Hall–Kier alpha value is 0.797. The molecular formula is C10H30Cl2Si. The molecule has 0 aliphatic rings. The number of rotatable bonds is 5. The summed E-state index contributed by atoms with van der Waals surface area (Å²) in [5, 5.41) is 0. The average molecular weight is 249 g/mol. The molecule has 0 spiro atoms. The predicted octanol–water partition coefficient (Wildman–Crippen LogP) is 3.79. The molecule has 0 rings (SSSR count). The number of halogens is 2. The summed E-state index contributed by atoms with van der Waals surface area (Å²) in [6, 6.07) is 0. The van der Waals surface area contributed by atoms with Crippen molar-refractivity contribution in [3.63, 3.8) is 0 Å². The summed E-state index contributed by atoms with van der Waals surface area (Å²) in [4.78, 5) is 0. The van der Waals surface area contributed by atoms with Crippen LogP contribution in [-0.4, -0.2) is 11.0 Å². The van der Waals surface area contributed by atoms with E-state index >= 15 is 0 Å². The summed E-state index contributed by atoms with van der Waals surface area (Å²) in [7, 11) is 0. The Morgan fingerprint density at radius 2 is 0.846 bits per heavy atom. The van der Waals surface area contributed by atoms with Crippen LogP contribution in [0.5, 0.6) is 0 Å². The van der Waals surface area contributed by atoms with E-state index in [2.05, 4.69) is 13.8 Å². The molecule has 0 aliphatic heterocycles. The fraction of sp³-hybridized carbons (Fsp3) is 1.00. The third-order valence-electron chi connectivity index (χ3n) is 1.46. The first kappa shape index (κ1) is 29.2. The Labute approximate surface area is 102 Å². The molecule has 0 N–H and O–H groups in total. The minimum Gasteiger partial charge on any atom is -0.147 e. The summed E-state index contributed by atoms with van der Waals surface area (Å²) in [5.74, 6) is 0. The lowest BCUT2D eigenvalue weighted by Gasteiger charge is -1.93. The van der Waals surface area contributed by atoms with Crippen LogP contribution >= 0.6 is 24.8 Å². The third kappa shape index (κ3) is 44.4. The molecule has 0 bridgehead atoms. The van der Waals surface area contributed by atoms with Crippen LogP contribution in [0.3, 0.4) is 0 Å². The highest BCUT2D eigenvalue weighted by atomic mass is 35.5. The number of unbranched alkanes of at least 4 members (excludes halogenated alkanes) is 5. The van der Waals surface area contributed by atoms with Crippen molar-refractivity contribution in [3.8, 4) is 0 Å². The van der Waals surface area contributed by atoms with Gasteiger partial charge in [0.2, 0.25) is 0 Å². The molecule has 0 atom stereocenters. The topological polar surface area (TPSA) is 0 Å². The van der Waals surface area contributed by atoms with Gasteiger partial charge < -0.3 is 0 Å². The van der Waals surface area contributed by atoms with Crippen LogP contribution in [0.1, 0.15) is 66.2 Å². The Kier molecular flexibility index (Phi) is 86.6. The van der Waals surface area contributed by atoms with Gasteiger partial charge >= 0.3 is 0 Å². The molecule has 13 heavy (non-hydrogen) atoms. The molecule has 0 aromatic rings. The van der Waals surface area contributed by atoms with E-state index in [4.69, 9.17) is 0 Å². The first-order valence-corrected chi connectivity index (χ1v) is 4.91. The number of hydrogen-bond acceptors (Lipinski definition) is 0. The van der Waals surface area contributed by atoms with Crippen LogP contribution in [0.25, 0.3) is 0 Å². The highest BCUT2D eigenvalue weighted by molar-refractivity contribution is 5.85. The van der Waals surface area contributed by atoms with Gasteiger partial charge in [-0.15, -0.1) is 24.8 Å². The first-order valence-electron chi connectivity index (χ1n) is 4.91. The van der Waals surface area contributed by atoms with Gasteiger partial charge in [-0.3, -0.25) is 0 Å². The van der Waals surface area contributed by atoms with Crippen LogP contribution < -0.4 is 0 Å². The van der Waals surface area contributed by atoms with E-state index in [1.54, 1.807) is 0 Å². The van der Waals surface area contributed by atoms with Crippen molar-refractivity contribution in [3.05, 3.63) is 0 Å². The van der Waals surface area contributed by atoms with Crippen LogP contribution in [0, 0.1) is 0 Å². The van der Waals surface area contributed by atoms with Crippen molar-refractivity contribution in [2.45, 2.75) is 66.2 Å². The van der Waals surface area contributed by atoms with Gasteiger partial charge in [0.05, 0.1) is 0 Å². The monoisotopic (exact) mass is 248 g/mol. The normalized spacial score (nSPS) is 6.46. The van der Waals surface area contributed by atoms with E-state index in [1.165, 1.54) is 38.5 Å². The summed E-state index contributed by atoms with van der Waals surface area (Å²) in [6.45, 7) is 8.51. The molecule has 0 radical (unpaired) electrons. The lowest BCUT2D eigenvalue weighted by Crippen LogP contribution is -1.73. The zero-order valence-corrected chi connectivity index (χ0v) is 10.7. The minimum absolute atomic E-state index is 0. The second-order valence-corrected chi connectivity index (χ2v) is 2.41. The number of hydrogen-bond donors (Lipinski definition) is 0. The molecule has 0 amide bonds. The van der Waals surface area contributed by atoms with Gasteiger partial charge in [0, 0.05) is 0 Å². The summed E-state index contributed by atoms with van der Waals surface area (Å²) >= 11 is 0. The van der Waals surface area contributed by atoms with Gasteiger partial charge in [-0.2, -0.15) is 0 Å². The SMILES string of the molecule is CC.CCCCCCCC.Cl.Cl.[SiH4]. The van der Waals surface area contributed by atoms with Crippen LogP contribution in [-0.2, 0) is 0 Å². The first-order chi connectivity index (χ1) is 4.91. The van der Waals surface area contributed by atoms with E-state index < -0.39 is 0 Å². The van der Waals surface area contributed by atoms with Gasteiger partial charge in [0.15, 0.2) is 0 Å². The molecule has 0 aromatic heterocycles.